The summed E-state index contributed by atoms with van der Waals surface area (Å²) in [6, 6.07) is 19.4. The van der Waals surface area contributed by atoms with E-state index in [1.54, 1.807) is 6.08 Å². The van der Waals surface area contributed by atoms with E-state index in [1.807, 2.05) is 60.7 Å². The van der Waals surface area contributed by atoms with E-state index in [0.29, 0.717) is 13.2 Å². The van der Waals surface area contributed by atoms with Crippen LogP contribution < -0.4 is 0 Å². The van der Waals surface area contributed by atoms with Crippen LogP contribution in [-0.2, 0) is 32.2 Å². The molecule has 2 N–H and O–H groups in total. The molecule has 5 atom stereocenters. The van der Waals surface area contributed by atoms with Gasteiger partial charge in [0.15, 0.2) is 6.29 Å². The Morgan fingerprint density at radius 3 is 1.90 bits per heavy atom. The molecule has 0 unspecified atom stereocenters. The van der Waals surface area contributed by atoms with Crippen molar-refractivity contribution in [1.29, 1.82) is 0 Å². The van der Waals surface area contributed by atoms with Crippen LogP contribution in [0.5, 0.6) is 0 Å². The number of hydrogen-bond donors (Lipinski definition) is 2. The third-order valence-corrected chi connectivity index (χ3v) is 4.77. The Bertz CT molecular complexity index is 723. The maximum absolute atomic E-state index is 10.4. The molecular weight excluding hydrogens is 372 g/mol. The molecule has 0 amide bonds. The molecule has 1 aliphatic heterocycles. The van der Waals surface area contributed by atoms with Gasteiger partial charge in [-0.1, -0.05) is 66.7 Å². The van der Waals surface area contributed by atoms with Crippen molar-refractivity contribution in [3.8, 4) is 0 Å². The summed E-state index contributed by atoms with van der Waals surface area (Å²) < 4.78 is 23.6. The van der Waals surface area contributed by atoms with Gasteiger partial charge in [-0.05, 0) is 11.1 Å². The largest absolute Gasteiger partial charge is 0.394 e. The summed E-state index contributed by atoms with van der Waals surface area (Å²) in [5.74, 6) is 0. The summed E-state index contributed by atoms with van der Waals surface area (Å²) in [6.07, 6.45) is -2.43. The molecule has 1 fully saturated rings. The Kier molecular flexibility index (Phi) is 8.37. The van der Waals surface area contributed by atoms with Crippen LogP contribution in [0.1, 0.15) is 11.1 Å². The second-order valence-electron chi connectivity index (χ2n) is 6.86. The molecule has 156 valence electrons. The van der Waals surface area contributed by atoms with Crippen molar-refractivity contribution in [2.24, 2.45) is 0 Å². The van der Waals surface area contributed by atoms with Gasteiger partial charge in [0, 0.05) is 0 Å². The highest BCUT2D eigenvalue weighted by Gasteiger charge is 2.47. The van der Waals surface area contributed by atoms with Crippen molar-refractivity contribution in [1.82, 2.24) is 0 Å². The number of rotatable bonds is 10. The van der Waals surface area contributed by atoms with E-state index in [2.05, 4.69) is 6.58 Å². The standard InChI is InChI=1S/C23H28O6/c1-2-13-26-22-21(28-16-18-11-7-4-8-12-18)20(19(14-24)29-23(22)25)27-15-17-9-5-3-6-10-17/h2-12,19-25H,1,13-16H2/t19-,20-,21+,22-,23-/m1/s1. The minimum Gasteiger partial charge on any atom is -0.394 e. The van der Waals surface area contributed by atoms with Gasteiger partial charge in [0.2, 0.25) is 0 Å². The van der Waals surface area contributed by atoms with Gasteiger partial charge in [0.05, 0.1) is 26.4 Å². The van der Waals surface area contributed by atoms with Gasteiger partial charge in [-0.25, -0.2) is 0 Å². The van der Waals surface area contributed by atoms with Crippen LogP contribution in [0.15, 0.2) is 73.3 Å². The fourth-order valence-corrected chi connectivity index (χ4v) is 3.32. The molecule has 2 aromatic carbocycles. The minimum absolute atomic E-state index is 0.228. The summed E-state index contributed by atoms with van der Waals surface area (Å²) in [7, 11) is 0. The van der Waals surface area contributed by atoms with Crippen molar-refractivity contribution in [3.05, 3.63) is 84.4 Å². The molecule has 3 rings (SSSR count). The molecule has 1 aliphatic rings. The molecular formula is C23H28O6. The van der Waals surface area contributed by atoms with Crippen molar-refractivity contribution in [3.63, 3.8) is 0 Å². The van der Waals surface area contributed by atoms with Crippen molar-refractivity contribution >= 4 is 0 Å². The fourth-order valence-electron chi connectivity index (χ4n) is 3.32. The number of ether oxygens (including phenoxy) is 4. The first kappa shape index (κ1) is 21.6. The van der Waals surface area contributed by atoms with Gasteiger partial charge in [-0.2, -0.15) is 0 Å². The molecule has 6 nitrogen and oxygen atoms in total. The summed E-state index contributed by atoms with van der Waals surface area (Å²) in [5.41, 5.74) is 1.97. The van der Waals surface area contributed by atoms with E-state index in [1.165, 1.54) is 0 Å². The van der Waals surface area contributed by atoms with Crippen LogP contribution in [0.4, 0.5) is 0 Å². The molecule has 0 aromatic heterocycles. The zero-order valence-electron chi connectivity index (χ0n) is 16.3. The Morgan fingerprint density at radius 2 is 1.38 bits per heavy atom. The number of aliphatic hydroxyl groups excluding tert-OH is 2. The fraction of sp³-hybridized carbons (Fsp3) is 0.391. The highest BCUT2D eigenvalue weighted by atomic mass is 16.7. The van der Waals surface area contributed by atoms with Crippen LogP contribution >= 0.6 is 0 Å². The zero-order valence-corrected chi connectivity index (χ0v) is 16.3. The number of hydrogen-bond acceptors (Lipinski definition) is 6. The van der Waals surface area contributed by atoms with E-state index in [9.17, 15) is 10.2 Å². The van der Waals surface area contributed by atoms with Crippen molar-refractivity contribution < 1.29 is 29.2 Å². The van der Waals surface area contributed by atoms with Gasteiger partial charge in [0.1, 0.15) is 24.4 Å². The first-order chi connectivity index (χ1) is 14.2. The van der Waals surface area contributed by atoms with E-state index in [0.717, 1.165) is 11.1 Å². The average molecular weight is 400 g/mol. The third-order valence-electron chi connectivity index (χ3n) is 4.77. The molecule has 1 heterocycles. The summed E-state index contributed by atoms with van der Waals surface area (Å²) in [4.78, 5) is 0. The molecule has 0 spiro atoms. The Morgan fingerprint density at radius 1 is 0.828 bits per heavy atom. The van der Waals surface area contributed by atoms with E-state index < -0.39 is 30.7 Å². The lowest BCUT2D eigenvalue weighted by Crippen LogP contribution is -2.61. The Labute approximate surface area is 171 Å². The lowest BCUT2D eigenvalue weighted by atomic mass is 9.98. The average Bonchev–Trinajstić information content (AvgIpc) is 2.77. The zero-order chi connectivity index (χ0) is 20.5. The molecule has 1 saturated heterocycles. The second kappa shape index (κ2) is 11.2. The molecule has 2 aromatic rings. The second-order valence-corrected chi connectivity index (χ2v) is 6.86. The maximum atomic E-state index is 10.4. The van der Waals surface area contributed by atoms with Gasteiger partial charge >= 0.3 is 0 Å². The van der Waals surface area contributed by atoms with Crippen molar-refractivity contribution in [2.45, 2.75) is 43.9 Å². The van der Waals surface area contributed by atoms with Gasteiger partial charge in [0.25, 0.3) is 0 Å². The predicted molar refractivity (Wildman–Crippen MR) is 108 cm³/mol. The van der Waals surface area contributed by atoms with Gasteiger partial charge in [-0.15, -0.1) is 6.58 Å². The first-order valence-corrected chi connectivity index (χ1v) is 9.71. The summed E-state index contributed by atoms with van der Waals surface area (Å²) in [5, 5.41) is 20.3. The number of benzene rings is 2. The normalized spacial score (nSPS) is 26.9. The Hall–Kier alpha value is -2.06. The molecule has 0 radical (unpaired) electrons. The lowest BCUT2D eigenvalue weighted by molar-refractivity contribution is -0.312. The quantitative estimate of drug-likeness (QED) is 0.597. The van der Waals surface area contributed by atoms with Crippen LogP contribution in [0.3, 0.4) is 0 Å². The Balaban J connectivity index is 1.78. The lowest BCUT2D eigenvalue weighted by Gasteiger charge is -2.44. The highest BCUT2D eigenvalue weighted by Crippen LogP contribution is 2.28. The monoisotopic (exact) mass is 400 g/mol. The van der Waals surface area contributed by atoms with Crippen LogP contribution in [0.2, 0.25) is 0 Å². The van der Waals surface area contributed by atoms with Crippen LogP contribution in [0.25, 0.3) is 0 Å². The van der Waals surface area contributed by atoms with Crippen LogP contribution in [0, 0.1) is 0 Å². The topological polar surface area (TPSA) is 77.4 Å². The maximum Gasteiger partial charge on any atom is 0.184 e. The number of aliphatic hydroxyl groups is 2. The molecule has 6 heteroatoms. The summed E-state index contributed by atoms with van der Waals surface area (Å²) in [6.45, 7) is 4.21. The molecule has 0 bridgehead atoms. The predicted octanol–water partition coefficient (Wildman–Crippen LogP) is 2.44. The molecule has 0 saturated carbocycles. The minimum atomic E-state index is -1.25. The van der Waals surface area contributed by atoms with E-state index in [-0.39, 0.29) is 13.2 Å². The summed E-state index contributed by atoms with van der Waals surface area (Å²) >= 11 is 0. The highest BCUT2D eigenvalue weighted by molar-refractivity contribution is 5.14. The van der Waals surface area contributed by atoms with Crippen LogP contribution in [-0.4, -0.2) is 54.1 Å². The van der Waals surface area contributed by atoms with E-state index in [4.69, 9.17) is 18.9 Å². The smallest absolute Gasteiger partial charge is 0.184 e. The van der Waals surface area contributed by atoms with E-state index >= 15 is 0 Å². The molecule has 29 heavy (non-hydrogen) atoms. The molecule has 0 aliphatic carbocycles. The van der Waals surface area contributed by atoms with Crippen molar-refractivity contribution in [2.75, 3.05) is 13.2 Å². The first-order valence-electron chi connectivity index (χ1n) is 9.71. The van der Waals surface area contributed by atoms with Gasteiger partial charge < -0.3 is 29.2 Å². The SMILES string of the molecule is C=CCO[C@@H]1[C@@H](OCc2ccccc2)[C@H](OCc2ccccc2)[C@@H](CO)O[C@H]1O. The van der Waals surface area contributed by atoms with Gasteiger partial charge in [-0.3, -0.25) is 0 Å². The third kappa shape index (κ3) is 5.96.